The Morgan fingerprint density at radius 2 is 1.66 bits per heavy atom. The summed E-state index contributed by atoms with van der Waals surface area (Å²) in [6, 6.07) is 0. The van der Waals surface area contributed by atoms with Crippen molar-refractivity contribution < 1.29 is 33.8 Å². The number of carbonyl (C=O) groups excluding carboxylic acids is 5. The van der Waals surface area contributed by atoms with Gasteiger partial charge in [-0.1, -0.05) is 34.6 Å². The van der Waals surface area contributed by atoms with Crippen LogP contribution in [-0.4, -0.2) is 47.4 Å². The van der Waals surface area contributed by atoms with Crippen molar-refractivity contribution in [1.82, 2.24) is 0 Å². The van der Waals surface area contributed by atoms with Crippen LogP contribution in [0.3, 0.4) is 0 Å². The maximum absolute atomic E-state index is 14.0. The largest absolute Gasteiger partial charge is 0.469 e. The Morgan fingerprint density at radius 3 is 2.26 bits per heavy atom. The molecule has 1 N–H and O–H groups in total. The fraction of sp³-hybridized carbons (Fsp3) is 0.750. The number of esters is 1. The zero-order valence-electron chi connectivity index (χ0n) is 21.9. The van der Waals surface area contributed by atoms with Crippen molar-refractivity contribution in [1.29, 1.82) is 0 Å². The molecule has 2 saturated carbocycles. The minimum Gasteiger partial charge on any atom is -0.469 e. The number of allylic oxidation sites excluding steroid dienone is 1. The summed E-state index contributed by atoms with van der Waals surface area (Å²) in [4.78, 5) is 66.1. The predicted octanol–water partition coefficient (Wildman–Crippen LogP) is 3.40. The van der Waals surface area contributed by atoms with Gasteiger partial charge in [0.1, 0.15) is 17.7 Å². The van der Waals surface area contributed by atoms with Crippen LogP contribution in [0.4, 0.5) is 0 Å². The number of carbonyl (C=O) groups is 5. The van der Waals surface area contributed by atoms with E-state index in [0.29, 0.717) is 19.3 Å². The van der Waals surface area contributed by atoms with Gasteiger partial charge < -0.3 is 9.84 Å². The monoisotopic (exact) mass is 486 g/mol. The van der Waals surface area contributed by atoms with Crippen LogP contribution in [-0.2, 0) is 28.7 Å². The van der Waals surface area contributed by atoms with Crippen LogP contribution in [0.25, 0.3) is 0 Å². The lowest BCUT2D eigenvalue weighted by Crippen LogP contribution is -2.64. The highest BCUT2D eigenvalue weighted by molar-refractivity contribution is 6.18. The molecule has 7 nitrogen and oxygen atoms in total. The summed E-state index contributed by atoms with van der Waals surface area (Å²) in [6.07, 6.45) is 0.135. The molecule has 0 heterocycles. The molecule has 2 fully saturated rings. The maximum atomic E-state index is 14.0. The minimum atomic E-state index is -1.45. The minimum absolute atomic E-state index is 0.0770. The standard InChI is InChI=1S/C28H38O7/c1-14(8-9-20(32)35-7)15-12-19(31)28(6)21-16(29)13-17-25(2,3)18(30)10-11-26(17,4)22(21)23(33)24(34)27(15,28)5/h14-15,17,24,34H,8-13H2,1-7H3/t14-,15-,17+,24-,26+,27+,28+/m1/s1. The lowest BCUT2D eigenvalue weighted by atomic mass is 9.42. The molecule has 0 aliphatic heterocycles. The molecule has 0 aromatic rings. The van der Waals surface area contributed by atoms with Gasteiger partial charge in [0.2, 0.25) is 0 Å². The van der Waals surface area contributed by atoms with Gasteiger partial charge in [-0.25, -0.2) is 0 Å². The van der Waals surface area contributed by atoms with Crippen LogP contribution >= 0.6 is 0 Å². The zero-order chi connectivity index (χ0) is 26.3. The van der Waals surface area contributed by atoms with Crippen molar-refractivity contribution in [2.75, 3.05) is 7.11 Å². The van der Waals surface area contributed by atoms with Crippen LogP contribution in [0.15, 0.2) is 11.1 Å². The first kappa shape index (κ1) is 25.9. The molecule has 0 amide bonds. The third-order valence-corrected chi connectivity index (χ3v) is 10.8. The summed E-state index contributed by atoms with van der Waals surface area (Å²) in [5.74, 6) is -2.04. The normalized spacial score (nSPS) is 41.3. The fourth-order valence-electron chi connectivity index (χ4n) is 8.31. The van der Waals surface area contributed by atoms with E-state index >= 15 is 0 Å². The third kappa shape index (κ3) is 3.09. The lowest BCUT2D eigenvalue weighted by molar-refractivity contribution is -0.158. The van der Waals surface area contributed by atoms with Gasteiger partial charge in [-0.3, -0.25) is 24.0 Å². The average molecular weight is 487 g/mol. The topological polar surface area (TPSA) is 115 Å². The van der Waals surface area contributed by atoms with Crippen molar-refractivity contribution in [3.63, 3.8) is 0 Å². The van der Waals surface area contributed by atoms with E-state index in [1.165, 1.54) is 7.11 Å². The highest BCUT2D eigenvalue weighted by Gasteiger charge is 2.73. The number of ketones is 4. The van der Waals surface area contributed by atoms with Crippen molar-refractivity contribution in [2.24, 2.45) is 39.4 Å². The van der Waals surface area contributed by atoms with Gasteiger partial charge in [0, 0.05) is 53.1 Å². The smallest absolute Gasteiger partial charge is 0.305 e. The Morgan fingerprint density at radius 1 is 1.03 bits per heavy atom. The molecule has 0 spiro atoms. The number of rotatable bonds is 4. The molecule has 4 rings (SSSR count). The quantitative estimate of drug-likeness (QED) is 0.606. The van der Waals surface area contributed by atoms with Crippen molar-refractivity contribution in [3.05, 3.63) is 11.1 Å². The van der Waals surface area contributed by atoms with Gasteiger partial charge in [-0.15, -0.1) is 0 Å². The first-order valence-electron chi connectivity index (χ1n) is 12.7. The maximum Gasteiger partial charge on any atom is 0.305 e. The van der Waals surface area contributed by atoms with Crippen molar-refractivity contribution >= 4 is 29.1 Å². The molecular weight excluding hydrogens is 448 g/mol. The summed E-state index contributed by atoms with van der Waals surface area (Å²) in [7, 11) is 1.32. The second kappa shape index (κ2) is 7.92. The molecule has 0 aromatic heterocycles. The molecule has 4 aliphatic rings. The molecule has 35 heavy (non-hydrogen) atoms. The number of ether oxygens (including phenoxy) is 1. The van der Waals surface area contributed by atoms with Crippen LogP contribution in [0.5, 0.6) is 0 Å². The summed E-state index contributed by atoms with van der Waals surface area (Å²) in [5, 5.41) is 11.6. The van der Waals surface area contributed by atoms with Gasteiger partial charge in [-0.05, 0) is 37.5 Å². The number of hydrogen-bond acceptors (Lipinski definition) is 7. The molecule has 0 bridgehead atoms. The Labute approximate surface area is 207 Å². The van der Waals surface area contributed by atoms with Gasteiger partial charge in [0.05, 0.1) is 12.5 Å². The summed E-state index contributed by atoms with van der Waals surface area (Å²) < 4.78 is 4.76. The molecule has 4 aliphatic carbocycles. The van der Waals surface area contributed by atoms with E-state index in [2.05, 4.69) is 0 Å². The van der Waals surface area contributed by atoms with E-state index in [9.17, 15) is 29.1 Å². The SMILES string of the molecule is COC(=O)CC[C@@H](C)[C@H]1CC(=O)[C@@]2(C)C3=C(C(=O)[C@@H](O)[C@]12C)[C@@]1(C)CCC(=O)C(C)(C)[C@@H]1CC3=O. The van der Waals surface area contributed by atoms with E-state index in [0.717, 1.165) is 0 Å². The average Bonchev–Trinajstić information content (AvgIpc) is 3.01. The van der Waals surface area contributed by atoms with Crippen LogP contribution in [0.2, 0.25) is 0 Å². The Balaban J connectivity index is 1.88. The molecule has 0 aromatic carbocycles. The number of hydrogen-bond donors (Lipinski definition) is 1. The fourth-order valence-corrected chi connectivity index (χ4v) is 8.31. The van der Waals surface area contributed by atoms with Gasteiger partial charge in [0.15, 0.2) is 11.6 Å². The van der Waals surface area contributed by atoms with E-state index < -0.39 is 33.5 Å². The Hall–Kier alpha value is -2.15. The van der Waals surface area contributed by atoms with E-state index in [1.807, 2.05) is 27.7 Å². The summed E-state index contributed by atoms with van der Waals surface area (Å²) >= 11 is 0. The summed E-state index contributed by atoms with van der Waals surface area (Å²) in [6.45, 7) is 11.0. The molecule has 0 saturated heterocycles. The zero-order valence-corrected chi connectivity index (χ0v) is 21.9. The van der Waals surface area contributed by atoms with E-state index in [-0.39, 0.29) is 71.5 Å². The van der Waals surface area contributed by atoms with Crippen LogP contribution in [0, 0.1) is 39.4 Å². The number of methoxy groups -OCH3 is 1. The number of fused-ring (bicyclic) bond motifs is 4. The van der Waals surface area contributed by atoms with Crippen molar-refractivity contribution in [2.45, 2.75) is 86.2 Å². The second-order valence-electron chi connectivity index (χ2n) is 12.5. The molecule has 0 radical (unpaired) electrons. The molecule has 192 valence electrons. The lowest BCUT2D eigenvalue weighted by Gasteiger charge is -2.59. The van der Waals surface area contributed by atoms with Crippen molar-refractivity contribution in [3.8, 4) is 0 Å². The number of aliphatic hydroxyl groups is 1. The first-order valence-corrected chi connectivity index (χ1v) is 12.7. The van der Waals surface area contributed by atoms with E-state index in [1.54, 1.807) is 13.8 Å². The Bertz CT molecular complexity index is 1070. The first-order chi connectivity index (χ1) is 16.1. The number of Topliss-reactive ketones (excluding diaryl/α,β-unsaturated/α-hetero) is 4. The highest BCUT2D eigenvalue weighted by atomic mass is 16.5. The van der Waals surface area contributed by atoms with Crippen LogP contribution in [0.1, 0.15) is 80.1 Å². The van der Waals surface area contributed by atoms with Gasteiger partial charge in [-0.2, -0.15) is 0 Å². The molecule has 0 unspecified atom stereocenters. The van der Waals surface area contributed by atoms with E-state index in [4.69, 9.17) is 4.74 Å². The van der Waals surface area contributed by atoms with Gasteiger partial charge >= 0.3 is 5.97 Å². The molecular formula is C28H38O7. The second-order valence-corrected chi connectivity index (χ2v) is 12.5. The predicted molar refractivity (Wildman–Crippen MR) is 127 cm³/mol. The summed E-state index contributed by atoms with van der Waals surface area (Å²) in [5.41, 5.74) is -3.48. The van der Waals surface area contributed by atoms with Crippen LogP contribution < -0.4 is 0 Å². The Kier molecular flexibility index (Phi) is 5.87. The molecule has 7 atom stereocenters. The third-order valence-electron chi connectivity index (χ3n) is 10.8. The highest BCUT2D eigenvalue weighted by Crippen LogP contribution is 2.69. The number of aliphatic hydroxyl groups excluding tert-OH is 1. The molecule has 7 heteroatoms. The van der Waals surface area contributed by atoms with Gasteiger partial charge in [0.25, 0.3) is 0 Å².